The molecule has 2 rings (SSSR count). The van der Waals surface area contributed by atoms with Crippen molar-refractivity contribution in [2.24, 2.45) is 0 Å². The zero-order valence-corrected chi connectivity index (χ0v) is 13.7. The number of aryl methyl sites for hydroxylation is 1. The smallest absolute Gasteiger partial charge is 0.254 e. The maximum Gasteiger partial charge on any atom is 0.254 e. The average Bonchev–Trinajstić information content (AvgIpc) is 2.47. The molecule has 1 atom stereocenters. The van der Waals surface area contributed by atoms with Gasteiger partial charge in [0.2, 0.25) is 0 Å². The van der Waals surface area contributed by atoms with E-state index in [-0.39, 0.29) is 5.91 Å². The second-order valence-electron chi connectivity index (χ2n) is 5.86. The summed E-state index contributed by atoms with van der Waals surface area (Å²) in [7, 11) is 0. The highest BCUT2D eigenvalue weighted by molar-refractivity contribution is 6.30. The summed E-state index contributed by atoms with van der Waals surface area (Å²) >= 11 is 5.98. The first kappa shape index (κ1) is 16.3. The van der Waals surface area contributed by atoms with E-state index >= 15 is 0 Å². The lowest BCUT2D eigenvalue weighted by atomic mass is 10.0. The number of rotatable bonds is 5. The van der Waals surface area contributed by atoms with E-state index in [2.05, 4.69) is 12.2 Å². The fourth-order valence-corrected chi connectivity index (χ4v) is 3.16. The fraction of sp³-hybridized carbons (Fsp3) is 0.588. The van der Waals surface area contributed by atoms with Crippen LogP contribution in [-0.2, 0) is 0 Å². The minimum Gasteiger partial charge on any atom is -0.337 e. The number of halogens is 1. The number of nitrogens with zero attached hydrogens (tertiary/aromatic N) is 1. The van der Waals surface area contributed by atoms with Crippen LogP contribution in [0.25, 0.3) is 0 Å². The molecule has 0 aromatic heterocycles. The third-order valence-electron chi connectivity index (χ3n) is 4.05. The lowest BCUT2D eigenvalue weighted by Crippen LogP contribution is -2.46. The van der Waals surface area contributed by atoms with E-state index in [4.69, 9.17) is 11.6 Å². The van der Waals surface area contributed by atoms with Crippen LogP contribution in [-0.4, -0.2) is 36.5 Å². The molecule has 1 aliphatic rings. The summed E-state index contributed by atoms with van der Waals surface area (Å²) in [5.41, 5.74) is 1.72. The molecule has 1 aliphatic heterocycles. The van der Waals surface area contributed by atoms with Gasteiger partial charge in [-0.3, -0.25) is 4.79 Å². The quantitative estimate of drug-likeness (QED) is 0.900. The van der Waals surface area contributed by atoms with Crippen LogP contribution in [0.15, 0.2) is 18.2 Å². The van der Waals surface area contributed by atoms with Gasteiger partial charge in [0, 0.05) is 29.7 Å². The van der Waals surface area contributed by atoms with Gasteiger partial charge in [0.15, 0.2) is 0 Å². The van der Waals surface area contributed by atoms with Crippen molar-refractivity contribution in [2.45, 2.75) is 45.6 Å². The highest BCUT2D eigenvalue weighted by Gasteiger charge is 2.22. The molecule has 1 saturated heterocycles. The number of amides is 1. The number of nitrogens with one attached hydrogen (secondary N) is 1. The Labute approximate surface area is 132 Å². The third kappa shape index (κ3) is 4.45. The number of benzene rings is 1. The molecule has 0 radical (unpaired) electrons. The molecule has 1 aromatic carbocycles. The Hall–Kier alpha value is -1.06. The topological polar surface area (TPSA) is 32.3 Å². The molecular formula is C17H25ClN2O. The minimum absolute atomic E-state index is 0.124. The zero-order chi connectivity index (χ0) is 15.2. The molecule has 4 heteroatoms. The number of hydrogen-bond donors (Lipinski definition) is 1. The van der Waals surface area contributed by atoms with Gasteiger partial charge in [-0.2, -0.15) is 0 Å². The first-order chi connectivity index (χ1) is 10.1. The first-order valence-corrected chi connectivity index (χ1v) is 8.28. The lowest BCUT2D eigenvalue weighted by Gasteiger charge is -2.31. The molecule has 0 saturated carbocycles. The molecule has 1 aromatic rings. The number of carbonyl (C=O) groups is 1. The monoisotopic (exact) mass is 308 g/mol. The standard InChI is InChI=1S/C17H25ClN2O/c1-3-10-20(12-15-6-4-5-9-19-15)17(21)16-8-7-14(18)11-13(16)2/h7-8,11,15,19H,3-6,9-10,12H2,1-2H3. The van der Waals surface area contributed by atoms with E-state index in [1.165, 1.54) is 12.8 Å². The van der Waals surface area contributed by atoms with Crippen molar-refractivity contribution >= 4 is 17.5 Å². The van der Waals surface area contributed by atoms with Gasteiger partial charge in [-0.05, 0) is 56.5 Å². The minimum atomic E-state index is 0.124. The maximum atomic E-state index is 12.8. The largest absolute Gasteiger partial charge is 0.337 e. The highest BCUT2D eigenvalue weighted by Crippen LogP contribution is 2.18. The predicted molar refractivity (Wildman–Crippen MR) is 88.0 cm³/mol. The van der Waals surface area contributed by atoms with Crippen LogP contribution in [0.4, 0.5) is 0 Å². The van der Waals surface area contributed by atoms with Crippen LogP contribution in [0.3, 0.4) is 0 Å². The first-order valence-electron chi connectivity index (χ1n) is 7.90. The van der Waals surface area contributed by atoms with E-state index < -0.39 is 0 Å². The fourth-order valence-electron chi connectivity index (χ4n) is 2.93. The molecule has 21 heavy (non-hydrogen) atoms. The normalized spacial score (nSPS) is 18.5. The Morgan fingerprint density at radius 1 is 1.43 bits per heavy atom. The van der Waals surface area contributed by atoms with E-state index in [1.807, 2.05) is 24.0 Å². The van der Waals surface area contributed by atoms with Crippen molar-refractivity contribution in [3.05, 3.63) is 34.3 Å². The third-order valence-corrected chi connectivity index (χ3v) is 4.29. The average molecular weight is 309 g/mol. The van der Waals surface area contributed by atoms with Crippen molar-refractivity contribution in [3.8, 4) is 0 Å². The zero-order valence-electron chi connectivity index (χ0n) is 13.0. The Morgan fingerprint density at radius 3 is 2.86 bits per heavy atom. The van der Waals surface area contributed by atoms with Crippen molar-refractivity contribution in [1.82, 2.24) is 10.2 Å². The molecule has 116 valence electrons. The van der Waals surface area contributed by atoms with Gasteiger partial charge in [-0.1, -0.05) is 24.9 Å². The highest BCUT2D eigenvalue weighted by atomic mass is 35.5. The Bertz CT molecular complexity index is 484. The van der Waals surface area contributed by atoms with Gasteiger partial charge in [0.25, 0.3) is 5.91 Å². The van der Waals surface area contributed by atoms with Gasteiger partial charge in [0.05, 0.1) is 0 Å². The van der Waals surface area contributed by atoms with Gasteiger partial charge in [-0.25, -0.2) is 0 Å². The molecule has 3 nitrogen and oxygen atoms in total. The summed E-state index contributed by atoms with van der Waals surface area (Å²) in [5.74, 6) is 0.124. The van der Waals surface area contributed by atoms with E-state index in [0.29, 0.717) is 11.1 Å². The van der Waals surface area contributed by atoms with Gasteiger partial charge < -0.3 is 10.2 Å². The Kier molecular flexibility index (Phi) is 6.07. The molecule has 0 spiro atoms. The molecule has 1 heterocycles. The van der Waals surface area contributed by atoms with Crippen LogP contribution in [0.5, 0.6) is 0 Å². The Balaban J connectivity index is 2.10. The number of hydrogen-bond acceptors (Lipinski definition) is 2. The SMILES string of the molecule is CCCN(CC1CCCCN1)C(=O)c1ccc(Cl)cc1C. The van der Waals surface area contributed by atoms with E-state index in [1.54, 1.807) is 6.07 Å². The summed E-state index contributed by atoms with van der Waals surface area (Å²) in [5, 5.41) is 4.20. The number of piperidine rings is 1. The Morgan fingerprint density at radius 2 is 2.24 bits per heavy atom. The molecule has 0 bridgehead atoms. The summed E-state index contributed by atoms with van der Waals surface area (Å²) in [6, 6.07) is 5.93. The predicted octanol–water partition coefficient (Wildman–Crippen LogP) is 3.64. The lowest BCUT2D eigenvalue weighted by molar-refractivity contribution is 0.0731. The second-order valence-corrected chi connectivity index (χ2v) is 6.29. The van der Waals surface area contributed by atoms with E-state index in [0.717, 1.165) is 43.6 Å². The maximum absolute atomic E-state index is 12.8. The van der Waals surface area contributed by atoms with Crippen LogP contribution in [0.1, 0.15) is 48.5 Å². The van der Waals surface area contributed by atoms with Crippen molar-refractivity contribution in [3.63, 3.8) is 0 Å². The van der Waals surface area contributed by atoms with Crippen molar-refractivity contribution < 1.29 is 4.79 Å². The van der Waals surface area contributed by atoms with E-state index in [9.17, 15) is 4.79 Å². The molecule has 0 aliphatic carbocycles. The summed E-state index contributed by atoms with van der Waals surface area (Å²) < 4.78 is 0. The molecule has 1 unspecified atom stereocenters. The van der Waals surface area contributed by atoms with Gasteiger partial charge in [-0.15, -0.1) is 0 Å². The molecule has 1 amide bonds. The van der Waals surface area contributed by atoms with Crippen molar-refractivity contribution in [2.75, 3.05) is 19.6 Å². The summed E-state index contributed by atoms with van der Waals surface area (Å²) in [6.07, 6.45) is 4.64. The van der Waals surface area contributed by atoms with Crippen LogP contribution >= 0.6 is 11.6 Å². The van der Waals surface area contributed by atoms with Crippen LogP contribution < -0.4 is 5.32 Å². The molecule has 1 fully saturated rings. The van der Waals surface area contributed by atoms with Gasteiger partial charge >= 0.3 is 0 Å². The van der Waals surface area contributed by atoms with Gasteiger partial charge in [0.1, 0.15) is 0 Å². The molecule has 1 N–H and O–H groups in total. The van der Waals surface area contributed by atoms with Crippen LogP contribution in [0, 0.1) is 6.92 Å². The summed E-state index contributed by atoms with van der Waals surface area (Å²) in [6.45, 7) is 6.73. The van der Waals surface area contributed by atoms with Crippen molar-refractivity contribution in [1.29, 1.82) is 0 Å². The summed E-state index contributed by atoms with van der Waals surface area (Å²) in [4.78, 5) is 14.8. The second kappa shape index (κ2) is 7.81. The number of carbonyl (C=O) groups excluding carboxylic acids is 1. The van der Waals surface area contributed by atoms with Crippen LogP contribution in [0.2, 0.25) is 5.02 Å². The molecular weight excluding hydrogens is 284 g/mol.